The van der Waals surface area contributed by atoms with Crippen molar-refractivity contribution in [3.8, 4) is 0 Å². The Kier molecular flexibility index (Phi) is 3.78. The molecule has 1 amide bonds. The van der Waals surface area contributed by atoms with E-state index in [1.807, 2.05) is 28.4 Å². The van der Waals surface area contributed by atoms with E-state index in [-0.39, 0.29) is 11.9 Å². The summed E-state index contributed by atoms with van der Waals surface area (Å²) in [6.45, 7) is 0.438. The summed E-state index contributed by atoms with van der Waals surface area (Å²) in [6, 6.07) is 3.86. The second kappa shape index (κ2) is 5.88. The zero-order valence-electron chi connectivity index (χ0n) is 11.4. The van der Waals surface area contributed by atoms with Crippen molar-refractivity contribution in [1.82, 2.24) is 30.1 Å². The third-order valence-electron chi connectivity index (χ3n) is 3.06. The van der Waals surface area contributed by atoms with Crippen LogP contribution in [0.3, 0.4) is 0 Å². The minimum atomic E-state index is -0.240. The highest BCUT2D eigenvalue weighted by atomic mass is 32.1. The maximum absolute atomic E-state index is 12.0. The van der Waals surface area contributed by atoms with E-state index in [2.05, 4.69) is 26.1 Å². The molecule has 0 aliphatic rings. The van der Waals surface area contributed by atoms with Crippen LogP contribution < -0.4 is 5.32 Å². The van der Waals surface area contributed by atoms with Crippen molar-refractivity contribution in [2.45, 2.75) is 6.04 Å². The smallest absolute Gasteiger partial charge is 0.273 e. The molecular formula is C13H14N6OS. The quantitative estimate of drug-likeness (QED) is 0.765. The van der Waals surface area contributed by atoms with Gasteiger partial charge in [-0.2, -0.15) is 16.4 Å². The van der Waals surface area contributed by atoms with Gasteiger partial charge in [-0.15, -0.1) is 5.10 Å². The SMILES string of the molecule is Cn1cc(C(=O)NC[C@@H](c2ccsc2)n2cccn2)nn1. The molecule has 0 spiro atoms. The summed E-state index contributed by atoms with van der Waals surface area (Å²) in [5.41, 5.74) is 1.42. The predicted molar refractivity (Wildman–Crippen MR) is 78.0 cm³/mol. The first kappa shape index (κ1) is 13.5. The third kappa shape index (κ3) is 3.00. The molecule has 0 aliphatic heterocycles. The zero-order chi connectivity index (χ0) is 14.7. The van der Waals surface area contributed by atoms with E-state index < -0.39 is 0 Å². The maximum atomic E-state index is 12.0. The number of thiophene rings is 1. The van der Waals surface area contributed by atoms with E-state index in [4.69, 9.17) is 0 Å². The van der Waals surface area contributed by atoms with Crippen LogP contribution in [0, 0.1) is 0 Å². The fourth-order valence-corrected chi connectivity index (χ4v) is 2.73. The van der Waals surface area contributed by atoms with Crippen LogP contribution in [0.4, 0.5) is 0 Å². The van der Waals surface area contributed by atoms with Crippen LogP contribution in [0.2, 0.25) is 0 Å². The molecule has 3 aromatic rings. The summed E-state index contributed by atoms with van der Waals surface area (Å²) in [5.74, 6) is -0.240. The second-order valence-corrected chi connectivity index (χ2v) is 5.33. The lowest BCUT2D eigenvalue weighted by molar-refractivity contribution is 0.0944. The molecular weight excluding hydrogens is 288 g/mol. The molecule has 0 aliphatic carbocycles. The van der Waals surface area contributed by atoms with E-state index in [9.17, 15) is 4.79 Å². The van der Waals surface area contributed by atoms with E-state index in [1.54, 1.807) is 30.8 Å². The van der Waals surface area contributed by atoms with Crippen molar-refractivity contribution >= 4 is 17.2 Å². The molecule has 7 nitrogen and oxygen atoms in total. The summed E-state index contributed by atoms with van der Waals surface area (Å²) in [6.07, 6.45) is 5.20. The number of nitrogens with zero attached hydrogens (tertiary/aromatic N) is 5. The first-order chi connectivity index (χ1) is 10.2. The van der Waals surface area contributed by atoms with Crippen LogP contribution in [-0.4, -0.2) is 37.2 Å². The third-order valence-corrected chi connectivity index (χ3v) is 3.76. The normalized spacial score (nSPS) is 12.2. The minimum Gasteiger partial charge on any atom is -0.348 e. The Labute approximate surface area is 125 Å². The van der Waals surface area contributed by atoms with Gasteiger partial charge < -0.3 is 5.32 Å². The van der Waals surface area contributed by atoms with Crippen LogP contribution >= 0.6 is 11.3 Å². The number of rotatable bonds is 5. The molecule has 0 unspecified atom stereocenters. The number of carbonyl (C=O) groups is 1. The first-order valence-corrected chi connectivity index (χ1v) is 7.34. The van der Waals surface area contributed by atoms with Crippen LogP contribution in [0.5, 0.6) is 0 Å². The lowest BCUT2D eigenvalue weighted by Crippen LogP contribution is -2.31. The summed E-state index contributed by atoms with van der Waals surface area (Å²) < 4.78 is 3.33. The van der Waals surface area contributed by atoms with Gasteiger partial charge in [0.05, 0.1) is 12.2 Å². The number of hydrogen-bond acceptors (Lipinski definition) is 5. The number of hydrogen-bond donors (Lipinski definition) is 1. The van der Waals surface area contributed by atoms with Crippen molar-refractivity contribution < 1.29 is 4.79 Å². The predicted octanol–water partition coefficient (Wildman–Crippen LogP) is 1.09. The minimum absolute atomic E-state index is 0.0353. The number of nitrogens with one attached hydrogen (secondary N) is 1. The Balaban J connectivity index is 1.72. The fraction of sp³-hybridized carbons (Fsp3) is 0.231. The summed E-state index contributed by atoms with van der Waals surface area (Å²) in [7, 11) is 1.72. The van der Waals surface area contributed by atoms with Gasteiger partial charge in [0.25, 0.3) is 5.91 Å². The first-order valence-electron chi connectivity index (χ1n) is 6.40. The van der Waals surface area contributed by atoms with E-state index >= 15 is 0 Å². The van der Waals surface area contributed by atoms with Gasteiger partial charge in [-0.1, -0.05) is 5.21 Å². The van der Waals surface area contributed by atoms with Gasteiger partial charge in [0.1, 0.15) is 0 Å². The number of aromatic nitrogens is 5. The van der Waals surface area contributed by atoms with Gasteiger partial charge in [-0.05, 0) is 28.5 Å². The Morgan fingerprint density at radius 3 is 3.05 bits per heavy atom. The molecule has 0 saturated heterocycles. The van der Waals surface area contributed by atoms with Gasteiger partial charge in [0, 0.05) is 26.0 Å². The number of carbonyl (C=O) groups excluding carboxylic acids is 1. The van der Waals surface area contributed by atoms with Gasteiger partial charge in [-0.3, -0.25) is 14.2 Å². The average Bonchev–Trinajstić information content (AvgIpc) is 3.21. The summed E-state index contributed by atoms with van der Waals surface area (Å²) >= 11 is 1.62. The van der Waals surface area contributed by atoms with E-state index in [0.717, 1.165) is 5.56 Å². The molecule has 1 N–H and O–H groups in total. The molecule has 0 radical (unpaired) electrons. The molecule has 0 aromatic carbocycles. The largest absolute Gasteiger partial charge is 0.348 e. The van der Waals surface area contributed by atoms with Crippen LogP contribution in [-0.2, 0) is 7.05 Å². The van der Waals surface area contributed by atoms with Crippen molar-refractivity contribution in [1.29, 1.82) is 0 Å². The molecule has 21 heavy (non-hydrogen) atoms. The average molecular weight is 302 g/mol. The lowest BCUT2D eigenvalue weighted by atomic mass is 10.1. The summed E-state index contributed by atoms with van der Waals surface area (Å²) in [5, 5.41) is 18.8. The highest BCUT2D eigenvalue weighted by Crippen LogP contribution is 2.19. The molecule has 0 bridgehead atoms. The van der Waals surface area contributed by atoms with Crippen molar-refractivity contribution in [3.63, 3.8) is 0 Å². The van der Waals surface area contributed by atoms with Crippen molar-refractivity contribution in [2.75, 3.05) is 6.54 Å². The van der Waals surface area contributed by atoms with Gasteiger partial charge >= 0.3 is 0 Å². The molecule has 0 saturated carbocycles. The van der Waals surface area contributed by atoms with Gasteiger partial charge in [0.15, 0.2) is 5.69 Å². The van der Waals surface area contributed by atoms with Crippen molar-refractivity contribution in [2.24, 2.45) is 7.05 Å². The van der Waals surface area contributed by atoms with E-state index in [1.165, 1.54) is 4.68 Å². The lowest BCUT2D eigenvalue weighted by Gasteiger charge is -2.17. The number of aryl methyl sites for hydroxylation is 1. The summed E-state index contributed by atoms with van der Waals surface area (Å²) in [4.78, 5) is 12.0. The van der Waals surface area contributed by atoms with Gasteiger partial charge in [-0.25, -0.2) is 0 Å². The molecule has 8 heteroatoms. The highest BCUT2D eigenvalue weighted by molar-refractivity contribution is 7.07. The van der Waals surface area contributed by atoms with Crippen LogP contribution in [0.1, 0.15) is 22.1 Å². The fourth-order valence-electron chi connectivity index (χ4n) is 2.03. The van der Waals surface area contributed by atoms with Crippen molar-refractivity contribution in [3.05, 3.63) is 52.7 Å². The monoisotopic (exact) mass is 302 g/mol. The second-order valence-electron chi connectivity index (χ2n) is 4.55. The molecule has 3 rings (SSSR count). The molecule has 3 aromatic heterocycles. The Morgan fingerprint density at radius 2 is 2.43 bits per heavy atom. The molecule has 1 atom stereocenters. The Hall–Kier alpha value is -2.48. The molecule has 108 valence electrons. The maximum Gasteiger partial charge on any atom is 0.273 e. The number of amides is 1. The Bertz CT molecular complexity index is 669. The van der Waals surface area contributed by atoms with E-state index in [0.29, 0.717) is 12.2 Å². The topological polar surface area (TPSA) is 77.6 Å². The molecule has 0 fully saturated rings. The van der Waals surface area contributed by atoms with Crippen LogP contribution in [0.15, 0.2) is 41.5 Å². The molecule has 3 heterocycles. The standard InChI is InChI=1S/C13H14N6OS/c1-18-8-11(16-17-18)13(20)14-7-12(10-3-6-21-9-10)19-5-2-4-15-19/h2-6,8-9,12H,7H2,1H3,(H,14,20)/t12-/m0/s1. The zero-order valence-corrected chi connectivity index (χ0v) is 12.2. The van der Waals surface area contributed by atoms with Gasteiger partial charge in [0.2, 0.25) is 0 Å². The highest BCUT2D eigenvalue weighted by Gasteiger charge is 2.17. The van der Waals surface area contributed by atoms with Crippen LogP contribution in [0.25, 0.3) is 0 Å². The Morgan fingerprint density at radius 1 is 1.52 bits per heavy atom.